The van der Waals surface area contributed by atoms with Crippen LogP contribution in [-0.2, 0) is 11.8 Å². The molecule has 7 aromatic rings. The highest BCUT2D eigenvalue weighted by Gasteiger charge is 2.51. The first-order valence-corrected chi connectivity index (χ1v) is 17.7. The molecule has 0 amide bonds. The first-order valence-electron chi connectivity index (χ1n) is 17.7. The number of nitrogens with two attached hydrogens (primary N) is 1. The summed E-state index contributed by atoms with van der Waals surface area (Å²) >= 11 is 0. The molecule has 1 nitrogen and oxygen atoms in total. The smallest absolute Gasteiger partial charge is 0.0725 e. The van der Waals surface area contributed by atoms with Crippen LogP contribution >= 0.6 is 0 Å². The van der Waals surface area contributed by atoms with Crippen LogP contribution in [-0.4, -0.2) is 0 Å². The fourth-order valence-electron chi connectivity index (χ4n) is 8.76. The third-order valence-corrected chi connectivity index (χ3v) is 10.8. The second kappa shape index (κ2) is 12.5. The molecule has 2 aliphatic rings. The average molecular weight is 652 g/mol. The largest absolute Gasteiger partial charge is 0.404 e. The molecule has 51 heavy (non-hydrogen) atoms. The van der Waals surface area contributed by atoms with Crippen molar-refractivity contribution in [2.75, 3.05) is 0 Å². The Hall–Kier alpha value is -6.44. The van der Waals surface area contributed by atoms with Crippen LogP contribution in [0, 0.1) is 0 Å². The molecular formula is C50H37N. The lowest BCUT2D eigenvalue weighted by molar-refractivity contribution is 0.794. The Labute approximate surface area is 300 Å². The maximum atomic E-state index is 6.41. The van der Waals surface area contributed by atoms with Crippen molar-refractivity contribution >= 4 is 5.57 Å². The van der Waals surface area contributed by atoms with E-state index in [4.69, 9.17) is 5.73 Å². The normalized spacial score (nSPS) is 13.5. The average Bonchev–Trinajstić information content (AvgIpc) is 3.67. The predicted octanol–water partition coefficient (Wildman–Crippen LogP) is 12.0. The third kappa shape index (κ3) is 4.62. The van der Waals surface area contributed by atoms with E-state index >= 15 is 0 Å². The van der Waals surface area contributed by atoms with Gasteiger partial charge in [0.15, 0.2) is 0 Å². The molecule has 0 unspecified atom stereocenters. The van der Waals surface area contributed by atoms with E-state index in [-0.39, 0.29) is 5.41 Å². The highest BCUT2D eigenvalue weighted by molar-refractivity contribution is 6.02. The summed E-state index contributed by atoms with van der Waals surface area (Å²) in [5.74, 6) is 0. The Balaban J connectivity index is 1.27. The van der Waals surface area contributed by atoms with Gasteiger partial charge in [0.25, 0.3) is 0 Å². The van der Waals surface area contributed by atoms with E-state index in [2.05, 4.69) is 170 Å². The van der Waals surface area contributed by atoms with Gasteiger partial charge in [-0.05, 0) is 95.9 Å². The molecule has 0 fully saturated rings. The Morgan fingerprint density at radius 3 is 1.75 bits per heavy atom. The Bertz CT molecular complexity index is 2480. The lowest BCUT2D eigenvalue weighted by Crippen LogP contribution is -2.25. The van der Waals surface area contributed by atoms with E-state index in [9.17, 15) is 0 Å². The van der Waals surface area contributed by atoms with Crippen molar-refractivity contribution in [2.24, 2.45) is 5.73 Å². The third-order valence-electron chi connectivity index (χ3n) is 10.8. The summed E-state index contributed by atoms with van der Waals surface area (Å²) in [6.45, 7) is 3.87. The summed E-state index contributed by atoms with van der Waals surface area (Å²) in [6.07, 6.45) is 8.51. The molecule has 0 aliphatic heterocycles. The SMILES string of the molecule is C=C/C=C\Cc1ccc(-c2ccccc2-c2cccc3c2-c2ccccc2C32c3ccccc3-c3ccccc32)cc1/C(=C\N)c1ccccc1. The number of rotatable bonds is 7. The van der Waals surface area contributed by atoms with E-state index in [1.165, 1.54) is 66.8 Å². The maximum absolute atomic E-state index is 6.41. The topological polar surface area (TPSA) is 26.0 Å². The van der Waals surface area contributed by atoms with Gasteiger partial charge in [0.05, 0.1) is 5.41 Å². The molecule has 0 saturated heterocycles. The van der Waals surface area contributed by atoms with Crippen LogP contribution < -0.4 is 5.73 Å². The van der Waals surface area contributed by atoms with Crippen LogP contribution in [0.25, 0.3) is 50.1 Å². The van der Waals surface area contributed by atoms with Gasteiger partial charge in [0.1, 0.15) is 0 Å². The first kappa shape index (κ1) is 30.6. The zero-order chi connectivity index (χ0) is 34.4. The van der Waals surface area contributed by atoms with Gasteiger partial charge in [-0.15, -0.1) is 0 Å². The number of allylic oxidation sites excluding steroid dienone is 3. The van der Waals surface area contributed by atoms with Crippen molar-refractivity contribution in [1.82, 2.24) is 0 Å². The number of fused-ring (bicyclic) bond motifs is 10. The zero-order valence-corrected chi connectivity index (χ0v) is 28.4. The second-order valence-electron chi connectivity index (χ2n) is 13.3. The molecule has 0 radical (unpaired) electrons. The van der Waals surface area contributed by atoms with Gasteiger partial charge >= 0.3 is 0 Å². The van der Waals surface area contributed by atoms with E-state index in [0.29, 0.717) is 0 Å². The minimum atomic E-state index is -0.381. The number of hydrogen-bond acceptors (Lipinski definition) is 1. The van der Waals surface area contributed by atoms with Crippen molar-refractivity contribution in [3.63, 3.8) is 0 Å². The van der Waals surface area contributed by atoms with Gasteiger partial charge in [0, 0.05) is 11.8 Å². The van der Waals surface area contributed by atoms with Gasteiger partial charge in [-0.3, -0.25) is 0 Å². The Morgan fingerprint density at radius 2 is 1.08 bits per heavy atom. The molecule has 2 N–H and O–H groups in total. The van der Waals surface area contributed by atoms with Crippen LogP contribution in [0.15, 0.2) is 195 Å². The minimum absolute atomic E-state index is 0.381. The van der Waals surface area contributed by atoms with E-state index in [0.717, 1.165) is 28.7 Å². The molecule has 1 heteroatoms. The summed E-state index contributed by atoms with van der Waals surface area (Å²) in [4.78, 5) is 0. The van der Waals surface area contributed by atoms with Crippen molar-refractivity contribution in [3.05, 3.63) is 234 Å². The summed E-state index contributed by atoms with van der Waals surface area (Å²) in [7, 11) is 0. The zero-order valence-electron chi connectivity index (χ0n) is 28.4. The molecule has 1 spiro atoms. The number of benzene rings is 7. The predicted molar refractivity (Wildman–Crippen MR) is 214 cm³/mol. The number of hydrogen-bond donors (Lipinski definition) is 1. The highest BCUT2D eigenvalue weighted by atomic mass is 14.5. The van der Waals surface area contributed by atoms with Crippen LogP contribution in [0.3, 0.4) is 0 Å². The van der Waals surface area contributed by atoms with Crippen molar-refractivity contribution in [1.29, 1.82) is 0 Å². The fraction of sp³-hybridized carbons (Fsp3) is 0.0400. The van der Waals surface area contributed by atoms with E-state index < -0.39 is 0 Å². The molecule has 9 rings (SSSR count). The molecule has 7 aromatic carbocycles. The quantitative estimate of drug-likeness (QED) is 0.171. The highest BCUT2D eigenvalue weighted by Crippen LogP contribution is 2.64. The summed E-state index contributed by atoms with van der Waals surface area (Å²) in [5.41, 5.74) is 25.9. The molecule has 0 saturated carbocycles. The standard InChI is InChI=1S/C50H37N/c1-2-3-5-17-35-30-31-36(32-43(35)44(33-51)34-18-6-4-7-19-34)37-20-8-9-21-38(37)41-25-16-29-48-49(41)42-24-12-15-28-47(42)50(48)45-26-13-10-22-39(45)40-23-11-14-27-46(40)50/h2-16,18-33H,1,17,51H2/b5-3-,44-33-. The van der Waals surface area contributed by atoms with Crippen LogP contribution in [0.1, 0.15) is 38.9 Å². The van der Waals surface area contributed by atoms with E-state index in [1.807, 2.05) is 18.2 Å². The van der Waals surface area contributed by atoms with Crippen molar-refractivity contribution in [2.45, 2.75) is 11.8 Å². The van der Waals surface area contributed by atoms with Gasteiger partial charge in [-0.1, -0.05) is 183 Å². The minimum Gasteiger partial charge on any atom is -0.404 e. The Kier molecular flexibility index (Phi) is 7.48. The van der Waals surface area contributed by atoms with Crippen LogP contribution in [0.2, 0.25) is 0 Å². The van der Waals surface area contributed by atoms with Gasteiger partial charge in [0.2, 0.25) is 0 Å². The molecule has 0 heterocycles. The van der Waals surface area contributed by atoms with Crippen molar-refractivity contribution < 1.29 is 0 Å². The molecule has 242 valence electrons. The summed E-state index contributed by atoms with van der Waals surface area (Å²) < 4.78 is 0. The molecule has 2 aliphatic carbocycles. The fourth-order valence-corrected chi connectivity index (χ4v) is 8.76. The lowest BCUT2D eigenvalue weighted by Gasteiger charge is -2.30. The van der Waals surface area contributed by atoms with Gasteiger partial charge in [-0.25, -0.2) is 0 Å². The van der Waals surface area contributed by atoms with Gasteiger partial charge in [-0.2, -0.15) is 0 Å². The molecule has 0 atom stereocenters. The molecule has 0 aromatic heterocycles. The second-order valence-corrected chi connectivity index (χ2v) is 13.3. The summed E-state index contributed by atoms with van der Waals surface area (Å²) in [6, 6.07) is 60.1. The first-order chi connectivity index (χ1) is 25.3. The van der Waals surface area contributed by atoms with Gasteiger partial charge < -0.3 is 5.73 Å². The maximum Gasteiger partial charge on any atom is 0.0725 e. The van der Waals surface area contributed by atoms with E-state index in [1.54, 1.807) is 6.20 Å². The lowest BCUT2D eigenvalue weighted by atomic mass is 9.70. The van der Waals surface area contributed by atoms with Crippen molar-refractivity contribution in [3.8, 4) is 44.5 Å². The molecular weight excluding hydrogens is 615 g/mol. The monoisotopic (exact) mass is 651 g/mol. The van der Waals surface area contributed by atoms with Crippen LogP contribution in [0.5, 0.6) is 0 Å². The van der Waals surface area contributed by atoms with Crippen LogP contribution in [0.4, 0.5) is 0 Å². The molecule has 0 bridgehead atoms. The Morgan fingerprint density at radius 1 is 0.529 bits per heavy atom. The summed E-state index contributed by atoms with van der Waals surface area (Å²) in [5, 5.41) is 0.